The van der Waals surface area contributed by atoms with Gasteiger partial charge >= 0.3 is 6.09 Å². The van der Waals surface area contributed by atoms with E-state index in [1.165, 1.54) is 0 Å². The first-order valence-corrected chi connectivity index (χ1v) is 7.65. The molecule has 1 aliphatic rings. The van der Waals surface area contributed by atoms with Crippen molar-refractivity contribution in [1.82, 2.24) is 10.2 Å². The van der Waals surface area contributed by atoms with Gasteiger partial charge < -0.3 is 20.5 Å². The van der Waals surface area contributed by atoms with Gasteiger partial charge in [0.1, 0.15) is 5.60 Å². The second-order valence-electron chi connectivity index (χ2n) is 7.00. The van der Waals surface area contributed by atoms with Crippen molar-refractivity contribution in [3.05, 3.63) is 0 Å². The minimum Gasteiger partial charge on any atom is -0.444 e. The Hall–Kier alpha value is -0.850. The molecule has 21 heavy (non-hydrogen) atoms. The SMILES string of the molecule is COC1(C)CCCN(C(CN)CNC(=O)OC(C)(C)C)C1. The predicted molar refractivity (Wildman–Crippen MR) is 83.3 cm³/mol. The van der Waals surface area contributed by atoms with Crippen molar-refractivity contribution in [2.45, 2.75) is 57.8 Å². The fourth-order valence-corrected chi connectivity index (χ4v) is 2.60. The average molecular weight is 301 g/mol. The lowest BCUT2D eigenvalue weighted by Crippen LogP contribution is -2.56. The Morgan fingerprint density at radius 2 is 2.14 bits per heavy atom. The molecule has 0 bridgehead atoms. The van der Waals surface area contributed by atoms with Gasteiger partial charge in [0.2, 0.25) is 0 Å². The number of carbonyl (C=O) groups excluding carboxylic acids is 1. The minimum atomic E-state index is -0.484. The molecule has 6 nitrogen and oxygen atoms in total. The summed E-state index contributed by atoms with van der Waals surface area (Å²) in [6.45, 7) is 10.5. The Bertz CT molecular complexity index is 344. The molecule has 0 radical (unpaired) electrons. The Kier molecular flexibility index (Phi) is 6.43. The van der Waals surface area contributed by atoms with Gasteiger partial charge in [-0.3, -0.25) is 4.90 Å². The van der Waals surface area contributed by atoms with Gasteiger partial charge in [-0.1, -0.05) is 0 Å². The van der Waals surface area contributed by atoms with E-state index < -0.39 is 11.7 Å². The van der Waals surface area contributed by atoms with E-state index >= 15 is 0 Å². The number of amides is 1. The lowest BCUT2D eigenvalue weighted by atomic mass is 9.93. The highest BCUT2D eigenvalue weighted by atomic mass is 16.6. The molecule has 1 rings (SSSR count). The molecule has 0 spiro atoms. The third kappa shape index (κ3) is 6.20. The van der Waals surface area contributed by atoms with Crippen LogP contribution in [-0.4, -0.2) is 61.5 Å². The van der Waals surface area contributed by atoms with Crippen LogP contribution in [0.4, 0.5) is 4.79 Å². The van der Waals surface area contributed by atoms with Crippen LogP contribution in [0.25, 0.3) is 0 Å². The summed E-state index contributed by atoms with van der Waals surface area (Å²) in [5.74, 6) is 0. The summed E-state index contributed by atoms with van der Waals surface area (Å²) < 4.78 is 10.8. The van der Waals surface area contributed by atoms with Crippen LogP contribution in [0.1, 0.15) is 40.5 Å². The fraction of sp³-hybridized carbons (Fsp3) is 0.933. The van der Waals surface area contributed by atoms with Gasteiger partial charge in [-0.15, -0.1) is 0 Å². The number of nitrogens with two attached hydrogens (primary N) is 1. The molecule has 124 valence electrons. The van der Waals surface area contributed by atoms with Crippen LogP contribution in [0.5, 0.6) is 0 Å². The number of rotatable bonds is 5. The van der Waals surface area contributed by atoms with Crippen LogP contribution in [0, 0.1) is 0 Å². The number of carbonyl (C=O) groups is 1. The zero-order valence-electron chi connectivity index (χ0n) is 14.1. The van der Waals surface area contributed by atoms with Gasteiger partial charge in [-0.25, -0.2) is 4.79 Å². The Morgan fingerprint density at radius 1 is 1.48 bits per heavy atom. The standard InChI is InChI=1S/C15H31N3O3/c1-14(2,3)21-13(19)17-10-12(9-16)18-8-6-7-15(4,11-18)20-5/h12H,6-11,16H2,1-5H3,(H,17,19). The zero-order valence-corrected chi connectivity index (χ0v) is 14.1. The molecule has 0 aromatic rings. The summed E-state index contributed by atoms with van der Waals surface area (Å²) in [7, 11) is 1.75. The van der Waals surface area contributed by atoms with E-state index in [1.807, 2.05) is 20.8 Å². The summed E-state index contributed by atoms with van der Waals surface area (Å²) in [4.78, 5) is 14.0. The maximum Gasteiger partial charge on any atom is 0.407 e. The minimum absolute atomic E-state index is 0.104. The number of hydrogen-bond acceptors (Lipinski definition) is 5. The van der Waals surface area contributed by atoms with Gasteiger partial charge in [0.25, 0.3) is 0 Å². The van der Waals surface area contributed by atoms with Crippen molar-refractivity contribution in [3.63, 3.8) is 0 Å². The molecular weight excluding hydrogens is 270 g/mol. The first kappa shape index (κ1) is 18.2. The van der Waals surface area contributed by atoms with E-state index in [4.69, 9.17) is 15.2 Å². The smallest absolute Gasteiger partial charge is 0.407 e. The topological polar surface area (TPSA) is 76.8 Å². The summed E-state index contributed by atoms with van der Waals surface area (Å²) in [6.07, 6.45) is 1.73. The van der Waals surface area contributed by atoms with Crippen molar-refractivity contribution < 1.29 is 14.3 Å². The first-order valence-electron chi connectivity index (χ1n) is 7.65. The highest BCUT2D eigenvalue weighted by molar-refractivity contribution is 5.67. The highest BCUT2D eigenvalue weighted by Gasteiger charge is 2.33. The Morgan fingerprint density at radius 3 is 2.67 bits per heavy atom. The summed E-state index contributed by atoms with van der Waals surface area (Å²) in [6, 6.07) is 0.104. The Labute approximate surface area is 128 Å². The second kappa shape index (κ2) is 7.42. The van der Waals surface area contributed by atoms with Crippen LogP contribution in [0.15, 0.2) is 0 Å². The normalized spacial score (nSPS) is 25.4. The molecule has 1 fully saturated rings. The lowest BCUT2D eigenvalue weighted by Gasteiger charge is -2.43. The molecule has 0 aliphatic carbocycles. The number of ether oxygens (including phenoxy) is 2. The van der Waals surface area contributed by atoms with Crippen LogP contribution in [0.3, 0.4) is 0 Å². The van der Waals surface area contributed by atoms with Gasteiger partial charge in [0, 0.05) is 32.8 Å². The molecule has 0 saturated carbocycles. The first-order chi connectivity index (χ1) is 9.69. The Balaban J connectivity index is 2.49. The van der Waals surface area contributed by atoms with Crippen molar-refractivity contribution in [2.75, 3.05) is 33.3 Å². The number of alkyl carbamates (subject to hydrolysis) is 1. The second-order valence-corrected chi connectivity index (χ2v) is 7.00. The molecule has 1 amide bonds. The maximum atomic E-state index is 11.7. The van der Waals surface area contributed by atoms with Gasteiger partial charge in [-0.2, -0.15) is 0 Å². The van der Waals surface area contributed by atoms with Crippen molar-refractivity contribution in [2.24, 2.45) is 5.73 Å². The van der Waals surface area contributed by atoms with Crippen molar-refractivity contribution in [3.8, 4) is 0 Å². The lowest BCUT2D eigenvalue weighted by molar-refractivity contribution is -0.0601. The number of nitrogens with one attached hydrogen (secondary N) is 1. The monoisotopic (exact) mass is 301 g/mol. The summed E-state index contributed by atoms with van der Waals surface area (Å²) in [5, 5.41) is 2.81. The predicted octanol–water partition coefficient (Wildman–Crippen LogP) is 1.34. The van der Waals surface area contributed by atoms with Gasteiger partial charge in [-0.05, 0) is 47.1 Å². The molecule has 1 saturated heterocycles. The third-order valence-electron chi connectivity index (χ3n) is 3.85. The highest BCUT2D eigenvalue weighted by Crippen LogP contribution is 2.24. The molecule has 2 unspecified atom stereocenters. The van der Waals surface area contributed by atoms with Crippen molar-refractivity contribution in [1.29, 1.82) is 0 Å². The average Bonchev–Trinajstić information content (AvgIpc) is 2.37. The molecule has 6 heteroatoms. The van der Waals surface area contributed by atoms with Crippen LogP contribution < -0.4 is 11.1 Å². The fourth-order valence-electron chi connectivity index (χ4n) is 2.60. The molecule has 3 N–H and O–H groups in total. The molecule has 0 aromatic heterocycles. The quantitative estimate of drug-likeness (QED) is 0.801. The molecule has 2 atom stereocenters. The van der Waals surface area contributed by atoms with E-state index in [0.717, 1.165) is 25.9 Å². The van der Waals surface area contributed by atoms with Gasteiger partial charge in [0.05, 0.1) is 5.60 Å². The number of methoxy groups -OCH3 is 1. The molecule has 1 heterocycles. The van der Waals surface area contributed by atoms with E-state index in [9.17, 15) is 4.79 Å². The van der Waals surface area contributed by atoms with E-state index in [-0.39, 0.29) is 11.6 Å². The van der Waals surface area contributed by atoms with Crippen molar-refractivity contribution >= 4 is 6.09 Å². The molecule has 1 aliphatic heterocycles. The van der Waals surface area contributed by atoms with Crippen LogP contribution in [0.2, 0.25) is 0 Å². The number of piperidine rings is 1. The van der Waals surface area contributed by atoms with E-state index in [2.05, 4.69) is 17.1 Å². The zero-order chi connectivity index (χ0) is 16.1. The number of likely N-dealkylation sites (tertiary alicyclic amines) is 1. The van der Waals surface area contributed by atoms with Gasteiger partial charge in [0.15, 0.2) is 0 Å². The van der Waals surface area contributed by atoms with E-state index in [1.54, 1.807) is 7.11 Å². The number of nitrogens with zero attached hydrogens (tertiary/aromatic N) is 1. The summed E-state index contributed by atoms with van der Waals surface area (Å²) >= 11 is 0. The third-order valence-corrected chi connectivity index (χ3v) is 3.85. The van der Waals surface area contributed by atoms with Crippen LogP contribution >= 0.6 is 0 Å². The largest absolute Gasteiger partial charge is 0.444 e. The summed E-state index contributed by atoms with van der Waals surface area (Å²) in [5.41, 5.74) is 5.26. The molecular formula is C15H31N3O3. The van der Waals surface area contributed by atoms with Crippen LogP contribution in [-0.2, 0) is 9.47 Å². The van der Waals surface area contributed by atoms with E-state index in [0.29, 0.717) is 13.1 Å². The maximum absolute atomic E-state index is 11.7. The molecule has 0 aromatic carbocycles. The number of hydrogen-bond donors (Lipinski definition) is 2.